The molecule has 0 aromatic carbocycles. The van der Waals surface area contributed by atoms with Crippen molar-refractivity contribution in [2.24, 2.45) is 0 Å². The third kappa shape index (κ3) is 4.47. The van der Waals surface area contributed by atoms with E-state index in [1.54, 1.807) is 24.4 Å². The van der Waals surface area contributed by atoms with Crippen LogP contribution in [-0.4, -0.2) is 57.3 Å². The fourth-order valence-electron chi connectivity index (χ4n) is 4.48. The van der Waals surface area contributed by atoms with Gasteiger partial charge in [-0.1, -0.05) is 0 Å². The Morgan fingerprint density at radius 2 is 2.05 bits per heavy atom. The Balaban J connectivity index is 1.21. The quantitative estimate of drug-likeness (QED) is 0.397. The molecule has 0 spiro atoms. The van der Waals surface area contributed by atoms with Gasteiger partial charge in [-0.05, 0) is 24.3 Å². The molecular weight excluding hydrogens is 478 g/mol. The summed E-state index contributed by atoms with van der Waals surface area (Å²) in [5.41, 5.74) is 3.82. The molecule has 2 aliphatic rings. The molecule has 0 aliphatic carbocycles. The highest BCUT2D eigenvalue weighted by Crippen LogP contribution is 2.28. The maximum atomic E-state index is 12.8. The van der Waals surface area contributed by atoms with Crippen molar-refractivity contribution in [3.63, 3.8) is 0 Å². The molecule has 12 nitrogen and oxygen atoms in total. The lowest BCUT2D eigenvalue weighted by molar-refractivity contribution is -0.118. The minimum atomic E-state index is -0.316. The van der Waals surface area contributed by atoms with E-state index in [1.165, 1.54) is 17.9 Å². The summed E-state index contributed by atoms with van der Waals surface area (Å²) in [5.74, 6) is 1.18. The van der Waals surface area contributed by atoms with E-state index < -0.39 is 0 Å². The van der Waals surface area contributed by atoms with Gasteiger partial charge in [0.15, 0.2) is 23.8 Å². The number of carbonyl (C=O) groups is 1. The number of aromatic nitrogens is 5. The van der Waals surface area contributed by atoms with Crippen LogP contribution < -0.4 is 25.7 Å². The van der Waals surface area contributed by atoms with Gasteiger partial charge in [0.05, 0.1) is 49.8 Å². The number of ether oxygens (including phenoxy) is 3. The average Bonchev–Trinajstić information content (AvgIpc) is 2.92. The molecule has 0 bridgehead atoms. The van der Waals surface area contributed by atoms with Crippen molar-refractivity contribution in [1.82, 2.24) is 29.8 Å². The maximum absolute atomic E-state index is 12.8. The highest BCUT2D eigenvalue weighted by molar-refractivity contribution is 5.94. The third-order valence-electron chi connectivity index (χ3n) is 6.22. The van der Waals surface area contributed by atoms with E-state index in [0.29, 0.717) is 60.6 Å². The van der Waals surface area contributed by atoms with Crippen LogP contribution in [0.5, 0.6) is 11.6 Å². The zero-order valence-electron chi connectivity index (χ0n) is 19.9. The smallest absolute Gasteiger partial charge is 0.275 e. The fraction of sp³-hybridized carbons (Fsp3) is 0.280. The second kappa shape index (κ2) is 9.56. The Kier molecular flexibility index (Phi) is 5.94. The summed E-state index contributed by atoms with van der Waals surface area (Å²) in [4.78, 5) is 42.1. The van der Waals surface area contributed by atoms with Crippen LogP contribution in [0.2, 0.25) is 0 Å². The minimum absolute atomic E-state index is 0.00118. The number of fused-ring (bicyclic) bond motifs is 3. The zero-order valence-corrected chi connectivity index (χ0v) is 19.9. The molecule has 6 rings (SSSR count). The summed E-state index contributed by atoms with van der Waals surface area (Å²) in [5, 5.41) is 6.12. The average molecular weight is 502 g/mol. The largest absolute Gasteiger partial charge is 0.481 e. The van der Waals surface area contributed by atoms with Crippen LogP contribution in [-0.2, 0) is 22.7 Å². The van der Waals surface area contributed by atoms with Crippen molar-refractivity contribution in [2.75, 3.05) is 32.2 Å². The van der Waals surface area contributed by atoms with Crippen molar-refractivity contribution in [3.8, 4) is 17.3 Å². The summed E-state index contributed by atoms with van der Waals surface area (Å²) >= 11 is 0. The number of anilines is 1. The van der Waals surface area contributed by atoms with Crippen LogP contribution in [0.15, 0.2) is 47.5 Å². The van der Waals surface area contributed by atoms with Crippen molar-refractivity contribution in [2.45, 2.75) is 19.1 Å². The van der Waals surface area contributed by atoms with Gasteiger partial charge >= 0.3 is 0 Å². The molecule has 0 radical (unpaired) electrons. The van der Waals surface area contributed by atoms with Gasteiger partial charge in [0, 0.05) is 30.6 Å². The fourth-order valence-corrected chi connectivity index (χ4v) is 4.48. The molecule has 2 N–H and O–H groups in total. The monoisotopic (exact) mass is 501 g/mol. The molecule has 12 heteroatoms. The van der Waals surface area contributed by atoms with Crippen LogP contribution in [0.1, 0.15) is 22.9 Å². The molecule has 4 aromatic rings. The van der Waals surface area contributed by atoms with Gasteiger partial charge in [-0.25, -0.2) is 9.97 Å². The van der Waals surface area contributed by atoms with Gasteiger partial charge in [-0.3, -0.25) is 19.1 Å². The van der Waals surface area contributed by atoms with Gasteiger partial charge in [0.2, 0.25) is 5.88 Å². The molecule has 0 saturated carbocycles. The first kappa shape index (κ1) is 23.0. The van der Waals surface area contributed by atoms with Crippen molar-refractivity contribution >= 4 is 22.9 Å². The van der Waals surface area contributed by atoms with E-state index in [4.69, 9.17) is 19.2 Å². The van der Waals surface area contributed by atoms with E-state index in [-0.39, 0.29) is 24.0 Å². The Morgan fingerprint density at radius 1 is 1.14 bits per heavy atom. The summed E-state index contributed by atoms with van der Waals surface area (Å²) < 4.78 is 17.9. The Bertz CT molecular complexity index is 1570. The molecule has 0 saturated heterocycles. The molecule has 4 aromatic heterocycles. The topological polar surface area (TPSA) is 142 Å². The number of rotatable bonds is 6. The number of hydrogen-bond donors (Lipinski definition) is 2. The second-order valence-corrected chi connectivity index (χ2v) is 8.70. The standard InChI is InChI=1S/C25H23N7O5/c1-35-21-5-3-18-25(31-21)32(22(34)10-27-18)17-6-14-11-36-12-15(23(14)28-9-17)7-26-8-16-2-4-19-24(29-16)30-20(33)13-37-19/h2-6,9-10,15,26H,7-8,11-13H2,1H3,(H,29,30,33). The summed E-state index contributed by atoms with van der Waals surface area (Å²) in [6.07, 6.45) is 2.94. The number of nitrogens with one attached hydrogen (secondary N) is 2. The molecule has 6 heterocycles. The number of amides is 1. The molecule has 1 amide bonds. The van der Waals surface area contributed by atoms with E-state index in [9.17, 15) is 9.59 Å². The maximum Gasteiger partial charge on any atom is 0.275 e. The van der Waals surface area contributed by atoms with Gasteiger partial charge in [0.1, 0.15) is 5.52 Å². The molecular formula is C25H23N7O5. The highest BCUT2D eigenvalue weighted by Gasteiger charge is 2.24. The highest BCUT2D eigenvalue weighted by atomic mass is 16.5. The van der Waals surface area contributed by atoms with Crippen molar-refractivity contribution < 1.29 is 19.0 Å². The lowest BCUT2D eigenvalue weighted by Gasteiger charge is -2.25. The first-order valence-corrected chi connectivity index (χ1v) is 11.7. The minimum Gasteiger partial charge on any atom is -0.481 e. The number of pyridine rings is 3. The lowest BCUT2D eigenvalue weighted by Crippen LogP contribution is -2.30. The Hall–Kier alpha value is -4.42. The summed E-state index contributed by atoms with van der Waals surface area (Å²) in [6, 6.07) is 9.02. The number of hydrogen-bond acceptors (Lipinski definition) is 10. The van der Waals surface area contributed by atoms with Gasteiger partial charge in [0.25, 0.3) is 11.5 Å². The predicted molar refractivity (Wildman–Crippen MR) is 132 cm³/mol. The Morgan fingerprint density at radius 3 is 2.95 bits per heavy atom. The van der Waals surface area contributed by atoms with E-state index >= 15 is 0 Å². The molecule has 37 heavy (non-hydrogen) atoms. The third-order valence-corrected chi connectivity index (χ3v) is 6.22. The van der Waals surface area contributed by atoms with E-state index in [2.05, 4.69) is 25.6 Å². The van der Waals surface area contributed by atoms with Crippen LogP contribution in [0.4, 0.5) is 5.82 Å². The number of methoxy groups -OCH3 is 1. The number of nitrogens with zero attached hydrogens (tertiary/aromatic N) is 5. The van der Waals surface area contributed by atoms with E-state index in [1.807, 2.05) is 12.1 Å². The van der Waals surface area contributed by atoms with Crippen LogP contribution in [0.25, 0.3) is 16.9 Å². The van der Waals surface area contributed by atoms with Gasteiger partial charge in [-0.15, -0.1) is 0 Å². The second-order valence-electron chi connectivity index (χ2n) is 8.70. The van der Waals surface area contributed by atoms with Crippen LogP contribution in [0, 0.1) is 0 Å². The molecule has 188 valence electrons. The van der Waals surface area contributed by atoms with Gasteiger partial charge < -0.3 is 24.8 Å². The van der Waals surface area contributed by atoms with Gasteiger partial charge in [-0.2, -0.15) is 4.98 Å². The molecule has 2 aliphatic heterocycles. The molecule has 0 fully saturated rings. The molecule has 1 unspecified atom stereocenters. The van der Waals surface area contributed by atoms with Crippen LogP contribution >= 0.6 is 0 Å². The first-order valence-electron chi connectivity index (χ1n) is 11.7. The summed E-state index contributed by atoms with van der Waals surface area (Å²) in [6.45, 7) is 2.02. The Labute approximate surface area is 210 Å². The lowest BCUT2D eigenvalue weighted by atomic mass is 9.98. The normalized spacial score (nSPS) is 16.5. The predicted octanol–water partition coefficient (Wildman–Crippen LogP) is 1.31. The SMILES string of the molecule is COc1ccc2ncc(=O)n(-c3cnc4c(c3)COCC4CNCc3ccc4c(n3)NC(=O)CO4)c2n1. The number of carbonyl (C=O) groups excluding carboxylic acids is 1. The zero-order chi connectivity index (χ0) is 25.4. The van der Waals surface area contributed by atoms with Crippen molar-refractivity contribution in [1.29, 1.82) is 0 Å². The van der Waals surface area contributed by atoms with Crippen LogP contribution in [0.3, 0.4) is 0 Å². The summed E-state index contributed by atoms with van der Waals surface area (Å²) in [7, 11) is 1.52. The molecule has 1 atom stereocenters. The first-order chi connectivity index (χ1) is 18.1. The van der Waals surface area contributed by atoms with E-state index in [0.717, 1.165) is 17.0 Å². The van der Waals surface area contributed by atoms with Crippen molar-refractivity contribution in [3.05, 3.63) is 70.0 Å².